The van der Waals surface area contributed by atoms with Gasteiger partial charge < -0.3 is 10.6 Å². The van der Waals surface area contributed by atoms with E-state index in [-0.39, 0.29) is 0 Å². The number of hydrogen-bond acceptors (Lipinski definition) is 5. The highest BCUT2D eigenvalue weighted by molar-refractivity contribution is 7.85. The zero-order chi connectivity index (χ0) is 14.7. The number of aromatic nitrogens is 2. The standard InChI is InChI=1S/C15H20N4OS/c1-2-16-15-18-13-6-4-3-5-12(13)14(19-15)17-11-7-9-21(20)10-8-11/h3-6,11H,2,7-10H2,1H3,(H2,16,17,18,19). The Balaban J connectivity index is 1.90. The molecule has 2 heterocycles. The molecule has 0 unspecified atom stereocenters. The number of nitrogens with one attached hydrogen (secondary N) is 2. The zero-order valence-corrected chi connectivity index (χ0v) is 12.9. The Kier molecular flexibility index (Phi) is 4.34. The van der Waals surface area contributed by atoms with Crippen molar-refractivity contribution in [2.24, 2.45) is 0 Å². The quantitative estimate of drug-likeness (QED) is 0.908. The molecule has 0 aliphatic carbocycles. The Hall–Kier alpha value is -1.69. The third-order valence-corrected chi connectivity index (χ3v) is 5.05. The lowest BCUT2D eigenvalue weighted by Crippen LogP contribution is -2.29. The monoisotopic (exact) mass is 304 g/mol. The molecular weight excluding hydrogens is 284 g/mol. The van der Waals surface area contributed by atoms with Crippen molar-refractivity contribution < 1.29 is 4.21 Å². The van der Waals surface area contributed by atoms with Crippen LogP contribution >= 0.6 is 0 Å². The van der Waals surface area contributed by atoms with E-state index in [1.807, 2.05) is 31.2 Å². The second-order valence-electron chi connectivity index (χ2n) is 5.21. The van der Waals surface area contributed by atoms with Gasteiger partial charge in [-0.15, -0.1) is 0 Å². The summed E-state index contributed by atoms with van der Waals surface area (Å²) in [6.07, 6.45) is 1.86. The van der Waals surface area contributed by atoms with Crippen LogP contribution in [-0.2, 0) is 10.8 Å². The van der Waals surface area contributed by atoms with Gasteiger partial charge in [-0.25, -0.2) is 4.98 Å². The predicted octanol–water partition coefficient (Wildman–Crippen LogP) is 2.38. The first-order valence-electron chi connectivity index (χ1n) is 7.38. The minimum Gasteiger partial charge on any atom is -0.367 e. The maximum Gasteiger partial charge on any atom is 0.225 e. The molecule has 5 nitrogen and oxygen atoms in total. The summed E-state index contributed by atoms with van der Waals surface area (Å²) in [5.41, 5.74) is 0.935. The van der Waals surface area contributed by atoms with Gasteiger partial charge in [0, 0.05) is 40.3 Å². The first-order chi connectivity index (χ1) is 10.3. The molecule has 1 aliphatic rings. The highest BCUT2D eigenvalue weighted by atomic mass is 32.2. The van der Waals surface area contributed by atoms with Crippen molar-refractivity contribution in [3.63, 3.8) is 0 Å². The van der Waals surface area contributed by atoms with Gasteiger partial charge in [0.1, 0.15) is 5.82 Å². The molecule has 112 valence electrons. The average Bonchev–Trinajstić information content (AvgIpc) is 2.50. The number of fused-ring (bicyclic) bond motifs is 1. The molecule has 1 fully saturated rings. The largest absolute Gasteiger partial charge is 0.367 e. The summed E-state index contributed by atoms with van der Waals surface area (Å²) in [7, 11) is -0.639. The fourth-order valence-corrected chi connectivity index (χ4v) is 3.85. The van der Waals surface area contributed by atoms with E-state index >= 15 is 0 Å². The molecule has 21 heavy (non-hydrogen) atoms. The molecule has 0 atom stereocenters. The van der Waals surface area contributed by atoms with Crippen LogP contribution in [0.4, 0.5) is 11.8 Å². The minimum absolute atomic E-state index is 0.343. The summed E-state index contributed by atoms with van der Waals surface area (Å²) in [5.74, 6) is 3.08. The molecule has 1 aliphatic heterocycles. The van der Waals surface area contributed by atoms with Crippen molar-refractivity contribution >= 4 is 33.5 Å². The number of rotatable bonds is 4. The molecule has 3 rings (SSSR count). The third kappa shape index (κ3) is 3.32. The highest BCUT2D eigenvalue weighted by Gasteiger charge is 2.19. The molecule has 0 radical (unpaired) electrons. The fourth-order valence-electron chi connectivity index (χ4n) is 2.56. The Morgan fingerprint density at radius 2 is 2.00 bits per heavy atom. The van der Waals surface area contributed by atoms with Crippen LogP contribution in [-0.4, -0.2) is 38.3 Å². The lowest BCUT2D eigenvalue weighted by Gasteiger charge is -2.23. The first kappa shape index (κ1) is 14.3. The maximum atomic E-state index is 11.5. The Morgan fingerprint density at radius 1 is 1.24 bits per heavy atom. The van der Waals surface area contributed by atoms with Crippen molar-refractivity contribution in [1.82, 2.24) is 9.97 Å². The smallest absolute Gasteiger partial charge is 0.225 e. The van der Waals surface area contributed by atoms with Crippen molar-refractivity contribution in [3.8, 4) is 0 Å². The van der Waals surface area contributed by atoms with Gasteiger partial charge in [-0.05, 0) is 31.9 Å². The molecule has 6 heteroatoms. The van der Waals surface area contributed by atoms with Crippen LogP contribution in [0.1, 0.15) is 19.8 Å². The van der Waals surface area contributed by atoms with Gasteiger partial charge >= 0.3 is 0 Å². The summed E-state index contributed by atoms with van der Waals surface area (Å²) >= 11 is 0. The molecule has 1 aromatic carbocycles. The van der Waals surface area contributed by atoms with Gasteiger partial charge in [-0.3, -0.25) is 4.21 Å². The number of para-hydroxylation sites is 1. The number of benzene rings is 1. The molecule has 0 saturated carbocycles. The van der Waals surface area contributed by atoms with E-state index in [4.69, 9.17) is 0 Å². The zero-order valence-electron chi connectivity index (χ0n) is 12.1. The van der Waals surface area contributed by atoms with E-state index in [0.29, 0.717) is 12.0 Å². The average molecular weight is 304 g/mol. The summed E-state index contributed by atoms with van der Waals surface area (Å²) < 4.78 is 11.5. The Morgan fingerprint density at radius 3 is 2.76 bits per heavy atom. The van der Waals surface area contributed by atoms with E-state index in [2.05, 4.69) is 20.6 Å². The summed E-state index contributed by atoms with van der Waals surface area (Å²) in [6, 6.07) is 8.36. The topological polar surface area (TPSA) is 66.9 Å². The predicted molar refractivity (Wildman–Crippen MR) is 88.2 cm³/mol. The van der Waals surface area contributed by atoms with E-state index in [1.165, 1.54) is 0 Å². The van der Waals surface area contributed by atoms with Crippen LogP contribution in [0.25, 0.3) is 10.9 Å². The van der Waals surface area contributed by atoms with Gasteiger partial charge in [-0.2, -0.15) is 4.98 Å². The van der Waals surface area contributed by atoms with Crippen LogP contribution in [0.5, 0.6) is 0 Å². The Labute approximate surface area is 127 Å². The highest BCUT2D eigenvalue weighted by Crippen LogP contribution is 2.24. The maximum absolute atomic E-state index is 11.5. The van der Waals surface area contributed by atoms with Gasteiger partial charge in [0.25, 0.3) is 0 Å². The summed E-state index contributed by atoms with van der Waals surface area (Å²) in [4.78, 5) is 9.11. The third-order valence-electron chi connectivity index (χ3n) is 3.67. The lowest BCUT2D eigenvalue weighted by molar-refractivity contribution is 0.623. The number of nitrogens with zero attached hydrogens (tertiary/aromatic N) is 2. The second-order valence-corrected chi connectivity index (χ2v) is 6.91. The lowest BCUT2D eigenvalue weighted by atomic mass is 10.1. The summed E-state index contributed by atoms with van der Waals surface area (Å²) in [5, 5.41) is 7.72. The number of hydrogen-bond donors (Lipinski definition) is 2. The molecule has 0 spiro atoms. The molecule has 1 aromatic heterocycles. The van der Waals surface area contributed by atoms with Crippen LogP contribution in [0.15, 0.2) is 24.3 Å². The molecule has 1 saturated heterocycles. The molecule has 0 bridgehead atoms. The normalized spacial score (nSPS) is 22.1. The van der Waals surface area contributed by atoms with Gasteiger partial charge in [0.2, 0.25) is 5.95 Å². The van der Waals surface area contributed by atoms with E-state index in [0.717, 1.165) is 47.6 Å². The first-order valence-corrected chi connectivity index (χ1v) is 8.87. The second kappa shape index (κ2) is 6.39. The van der Waals surface area contributed by atoms with E-state index in [9.17, 15) is 4.21 Å². The van der Waals surface area contributed by atoms with Crippen LogP contribution in [0, 0.1) is 0 Å². The van der Waals surface area contributed by atoms with Crippen molar-refractivity contribution in [2.45, 2.75) is 25.8 Å². The summed E-state index contributed by atoms with van der Waals surface area (Å²) in [6.45, 7) is 2.82. The van der Waals surface area contributed by atoms with Crippen LogP contribution in [0.2, 0.25) is 0 Å². The van der Waals surface area contributed by atoms with Crippen molar-refractivity contribution in [2.75, 3.05) is 28.7 Å². The number of anilines is 2. The van der Waals surface area contributed by atoms with E-state index < -0.39 is 10.8 Å². The van der Waals surface area contributed by atoms with Gasteiger partial charge in [0.15, 0.2) is 0 Å². The van der Waals surface area contributed by atoms with Crippen LogP contribution < -0.4 is 10.6 Å². The van der Waals surface area contributed by atoms with Gasteiger partial charge in [0.05, 0.1) is 5.52 Å². The molecule has 2 aromatic rings. The SMILES string of the molecule is CCNc1nc(NC2CCS(=O)CC2)c2ccccc2n1. The molecule has 0 amide bonds. The van der Waals surface area contributed by atoms with Crippen LogP contribution in [0.3, 0.4) is 0 Å². The molecule has 2 N–H and O–H groups in total. The van der Waals surface area contributed by atoms with E-state index in [1.54, 1.807) is 0 Å². The van der Waals surface area contributed by atoms with Crippen molar-refractivity contribution in [3.05, 3.63) is 24.3 Å². The molecular formula is C15H20N4OS. The van der Waals surface area contributed by atoms with Crippen molar-refractivity contribution in [1.29, 1.82) is 0 Å². The minimum atomic E-state index is -0.639. The fraction of sp³-hybridized carbons (Fsp3) is 0.467. The van der Waals surface area contributed by atoms with Gasteiger partial charge in [-0.1, -0.05) is 12.1 Å². The Bertz CT molecular complexity index is 651.